The van der Waals surface area contributed by atoms with Crippen molar-refractivity contribution in [3.63, 3.8) is 0 Å². The molecule has 1 aliphatic rings. The first kappa shape index (κ1) is 22.3. The molecule has 3 heterocycles. The van der Waals surface area contributed by atoms with E-state index in [1.165, 1.54) is 0 Å². The molecule has 0 radical (unpaired) electrons. The van der Waals surface area contributed by atoms with Crippen LogP contribution < -0.4 is 14.4 Å². The number of piperazine rings is 1. The molecule has 1 aliphatic heterocycles. The predicted molar refractivity (Wildman–Crippen MR) is 135 cm³/mol. The Labute approximate surface area is 203 Å². The summed E-state index contributed by atoms with van der Waals surface area (Å²) in [5, 5.41) is 2.04. The summed E-state index contributed by atoms with van der Waals surface area (Å²) in [4.78, 5) is 23.0. The third-order valence-electron chi connectivity index (χ3n) is 6.14. The highest BCUT2D eigenvalue weighted by molar-refractivity contribution is 7.15. The summed E-state index contributed by atoms with van der Waals surface area (Å²) in [6.45, 7) is 5.60. The number of carbonyl (C=O) groups is 1. The van der Waals surface area contributed by atoms with Gasteiger partial charge in [0.05, 0.1) is 31.5 Å². The van der Waals surface area contributed by atoms with Gasteiger partial charge in [0.1, 0.15) is 11.5 Å². The van der Waals surface area contributed by atoms with Crippen molar-refractivity contribution in [3.8, 4) is 22.8 Å². The van der Waals surface area contributed by atoms with Gasteiger partial charge in [-0.3, -0.25) is 9.20 Å². The molecular formula is C26H28N4O3S. The normalized spacial score (nSPS) is 13.9. The number of aromatic nitrogens is 2. The maximum Gasteiger partial charge on any atom is 0.228 e. The fraction of sp³-hybridized carbons (Fsp3) is 0.308. The molecule has 0 aliphatic carbocycles. The molecule has 0 spiro atoms. The van der Waals surface area contributed by atoms with Crippen molar-refractivity contribution in [3.05, 3.63) is 65.8 Å². The van der Waals surface area contributed by atoms with Crippen LogP contribution in [0.3, 0.4) is 0 Å². The van der Waals surface area contributed by atoms with Gasteiger partial charge >= 0.3 is 0 Å². The van der Waals surface area contributed by atoms with E-state index in [2.05, 4.69) is 11.0 Å². The second-order valence-electron chi connectivity index (χ2n) is 8.18. The number of carbonyl (C=O) groups excluding carboxylic acids is 1. The Bertz CT molecular complexity index is 1270. The Morgan fingerprint density at radius 3 is 2.56 bits per heavy atom. The smallest absolute Gasteiger partial charge is 0.228 e. The van der Waals surface area contributed by atoms with E-state index in [0.717, 1.165) is 52.2 Å². The lowest BCUT2D eigenvalue weighted by molar-refractivity contribution is -0.130. The quantitative estimate of drug-likeness (QED) is 0.397. The lowest BCUT2D eigenvalue weighted by Gasteiger charge is -2.36. The number of fused-ring (bicyclic) bond motifs is 1. The zero-order valence-corrected chi connectivity index (χ0v) is 20.3. The minimum Gasteiger partial charge on any atom is -0.495 e. The largest absolute Gasteiger partial charge is 0.495 e. The van der Waals surface area contributed by atoms with Crippen molar-refractivity contribution in [2.24, 2.45) is 0 Å². The minimum absolute atomic E-state index is 0.149. The lowest BCUT2D eigenvalue weighted by atomic mass is 10.1. The van der Waals surface area contributed by atoms with E-state index in [9.17, 15) is 4.79 Å². The standard InChI is InChI=1S/C26H28N4O3S/c1-3-33-21-10-8-19(9-11-21)22-17-30-20(18-34-26(30)27-22)16-25(31)29-14-12-28(13-15-29)23-6-4-5-7-24(23)32-2/h4-11,17-18H,3,12-16H2,1-2H3. The van der Waals surface area contributed by atoms with Gasteiger partial charge in [0.2, 0.25) is 5.91 Å². The Morgan fingerprint density at radius 1 is 1.06 bits per heavy atom. The summed E-state index contributed by atoms with van der Waals surface area (Å²) in [5.41, 5.74) is 3.98. The van der Waals surface area contributed by atoms with Gasteiger partial charge in [-0.05, 0) is 43.3 Å². The second-order valence-corrected chi connectivity index (χ2v) is 9.02. The number of hydrogen-bond donors (Lipinski definition) is 0. The maximum atomic E-state index is 13.1. The molecule has 1 amide bonds. The van der Waals surface area contributed by atoms with Crippen molar-refractivity contribution in [2.45, 2.75) is 13.3 Å². The van der Waals surface area contributed by atoms with Gasteiger partial charge in [-0.25, -0.2) is 4.98 Å². The summed E-state index contributed by atoms with van der Waals surface area (Å²) in [6, 6.07) is 16.0. The molecule has 0 bridgehead atoms. The fourth-order valence-corrected chi connectivity index (χ4v) is 5.21. The zero-order valence-electron chi connectivity index (χ0n) is 19.4. The molecular weight excluding hydrogens is 448 g/mol. The average molecular weight is 477 g/mol. The van der Waals surface area contributed by atoms with Crippen LogP contribution in [0.15, 0.2) is 60.1 Å². The predicted octanol–water partition coefficient (Wildman–Crippen LogP) is 4.36. The summed E-state index contributed by atoms with van der Waals surface area (Å²) in [6.07, 6.45) is 2.39. The first-order chi connectivity index (χ1) is 16.7. The first-order valence-corrected chi connectivity index (χ1v) is 12.4. The van der Waals surface area contributed by atoms with Crippen LogP contribution in [0.1, 0.15) is 12.6 Å². The van der Waals surface area contributed by atoms with Crippen LogP contribution in [0.25, 0.3) is 16.2 Å². The molecule has 1 saturated heterocycles. The number of imidazole rings is 1. The van der Waals surface area contributed by atoms with Crippen LogP contribution in [-0.4, -0.2) is 60.1 Å². The Balaban J connectivity index is 1.24. The Morgan fingerprint density at radius 2 is 1.82 bits per heavy atom. The van der Waals surface area contributed by atoms with Crippen LogP contribution in [0.4, 0.5) is 5.69 Å². The molecule has 8 heteroatoms. The van der Waals surface area contributed by atoms with Crippen LogP contribution in [-0.2, 0) is 11.2 Å². The summed E-state index contributed by atoms with van der Waals surface area (Å²) >= 11 is 1.57. The molecule has 34 heavy (non-hydrogen) atoms. The van der Waals surface area contributed by atoms with Crippen molar-refractivity contribution in [2.75, 3.05) is 44.8 Å². The fourth-order valence-electron chi connectivity index (χ4n) is 4.34. The van der Waals surface area contributed by atoms with Gasteiger partial charge in [0.25, 0.3) is 0 Å². The van der Waals surface area contributed by atoms with E-state index in [0.29, 0.717) is 26.1 Å². The molecule has 2 aromatic carbocycles. The average Bonchev–Trinajstić information content (AvgIpc) is 3.47. The van der Waals surface area contributed by atoms with E-state index < -0.39 is 0 Å². The molecule has 0 unspecified atom stereocenters. The van der Waals surface area contributed by atoms with Gasteiger partial charge in [-0.2, -0.15) is 0 Å². The van der Waals surface area contributed by atoms with E-state index in [1.54, 1.807) is 18.4 Å². The molecule has 5 rings (SSSR count). The number of ether oxygens (including phenoxy) is 2. The van der Waals surface area contributed by atoms with Crippen LogP contribution in [0.2, 0.25) is 0 Å². The number of para-hydroxylation sites is 2. The number of amides is 1. The van der Waals surface area contributed by atoms with Gasteiger partial charge in [-0.15, -0.1) is 11.3 Å². The maximum absolute atomic E-state index is 13.1. The number of nitrogens with zero attached hydrogens (tertiary/aromatic N) is 4. The number of thiazole rings is 1. The van der Waals surface area contributed by atoms with E-state index in [-0.39, 0.29) is 5.91 Å². The lowest BCUT2D eigenvalue weighted by Crippen LogP contribution is -2.49. The Hall–Kier alpha value is -3.52. The van der Waals surface area contributed by atoms with E-state index >= 15 is 0 Å². The molecule has 2 aromatic heterocycles. The number of anilines is 1. The van der Waals surface area contributed by atoms with Crippen molar-refractivity contribution < 1.29 is 14.3 Å². The molecule has 1 fully saturated rings. The number of hydrogen-bond acceptors (Lipinski definition) is 6. The van der Waals surface area contributed by atoms with Crippen molar-refractivity contribution in [1.29, 1.82) is 0 Å². The summed E-state index contributed by atoms with van der Waals surface area (Å²) in [5.74, 6) is 1.87. The van der Waals surface area contributed by atoms with Gasteiger partial charge in [0.15, 0.2) is 4.96 Å². The van der Waals surface area contributed by atoms with Crippen molar-refractivity contribution >= 4 is 27.9 Å². The highest BCUT2D eigenvalue weighted by Gasteiger charge is 2.24. The molecule has 0 saturated carbocycles. The number of methoxy groups -OCH3 is 1. The first-order valence-electron chi connectivity index (χ1n) is 11.5. The van der Waals surface area contributed by atoms with Crippen LogP contribution in [0, 0.1) is 0 Å². The van der Waals surface area contributed by atoms with Crippen LogP contribution in [0.5, 0.6) is 11.5 Å². The van der Waals surface area contributed by atoms with Crippen molar-refractivity contribution in [1.82, 2.24) is 14.3 Å². The highest BCUT2D eigenvalue weighted by Crippen LogP contribution is 2.29. The third kappa shape index (κ3) is 4.46. The molecule has 176 valence electrons. The zero-order chi connectivity index (χ0) is 23.5. The van der Waals surface area contributed by atoms with E-state index in [1.807, 2.05) is 70.3 Å². The minimum atomic E-state index is 0.149. The summed E-state index contributed by atoms with van der Waals surface area (Å²) < 4.78 is 13.1. The SMILES string of the molecule is CCOc1ccc(-c2cn3c(CC(=O)N4CCN(c5ccccc5OC)CC4)csc3n2)cc1. The highest BCUT2D eigenvalue weighted by atomic mass is 32.1. The van der Waals surface area contributed by atoms with Gasteiger partial charge in [-0.1, -0.05) is 12.1 Å². The topological polar surface area (TPSA) is 59.3 Å². The number of rotatable bonds is 7. The molecule has 0 atom stereocenters. The molecule has 7 nitrogen and oxygen atoms in total. The van der Waals surface area contributed by atoms with E-state index in [4.69, 9.17) is 14.5 Å². The van der Waals surface area contributed by atoms with Crippen LogP contribution >= 0.6 is 11.3 Å². The monoisotopic (exact) mass is 476 g/mol. The van der Waals surface area contributed by atoms with Gasteiger partial charge < -0.3 is 19.3 Å². The third-order valence-corrected chi connectivity index (χ3v) is 7.02. The number of benzene rings is 2. The summed E-state index contributed by atoms with van der Waals surface area (Å²) in [7, 11) is 1.69. The molecule has 0 N–H and O–H groups in total. The second kappa shape index (κ2) is 9.77. The van der Waals surface area contributed by atoms with Gasteiger partial charge in [0, 0.05) is 49.0 Å². The Kier molecular flexibility index (Phi) is 6.40. The molecule has 4 aromatic rings.